The Balaban J connectivity index is 2.12. The number of sulfone groups is 1. The van der Waals surface area contributed by atoms with E-state index in [0.29, 0.717) is 11.3 Å². The molecule has 0 spiro atoms. The van der Waals surface area contributed by atoms with Crippen LogP contribution in [0.2, 0.25) is 0 Å². The normalized spacial score (nSPS) is 11.9. The van der Waals surface area contributed by atoms with Crippen molar-refractivity contribution in [2.75, 3.05) is 11.6 Å². The van der Waals surface area contributed by atoms with Crippen molar-refractivity contribution in [1.29, 1.82) is 5.26 Å². The number of amides is 1. The van der Waals surface area contributed by atoms with Crippen LogP contribution < -0.4 is 5.32 Å². The van der Waals surface area contributed by atoms with Crippen LogP contribution in [0.1, 0.15) is 22.8 Å². The zero-order chi connectivity index (χ0) is 19.3. The Morgan fingerprint density at radius 3 is 2.50 bits per heavy atom. The summed E-state index contributed by atoms with van der Waals surface area (Å²) in [5.74, 6) is -1.52. The number of ether oxygens (including phenoxy) is 1. The molecular formula is C18H16N2O5S. The van der Waals surface area contributed by atoms with Crippen LogP contribution in [0.25, 0.3) is 0 Å². The van der Waals surface area contributed by atoms with Gasteiger partial charge in [-0.25, -0.2) is 13.2 Å². The predicted octanol–water partition coefficient (Wildman–Crippen LogP) is 2.15. The molecule has 2 rings (SSSR count). The lowest BCUT2D eigenvalue weighted by Crippen LogP contribution is -2.30. The summed E-state index contributed by atoms with van der Waals surface area (Å²) in [6, 6.07) is 13.8. The highest BCUT2D eigenvalue weighted by Gasteiger charge is 2.23. The third kappa shape index (κ3) is 4.68. The smallest absolute Gasteiger partial charge is 0.340 e. The van der Waals surface area contributed by atoms with Crippen molar-refractivity contribution in [1.82, 2.24) is 0 Å². The number of carbonyl (C=O) groups is 2. The Morgan fingerprint density at radius 2 is 1.85 bits per heavy atom. The molecule has 0 aliphatic heterocycles. The number of rotatable bonds is 5. The summed E-state index contributed by atoms with van der Waals surface area (Å²) in [7, 11) is -3.62. The minimum Gasteiger partial charge on any atom is -0.449 e. The van der Waals surface area contributed by atoms with E-state index in [1.165, 1.54) is 37.3 Å². The molecule has 26 heavy (non-hydrogen) atoms. The highest BCUT2D eigenvalue weighted by atomic mass is 32.2. The van der Waals surface area contributed by atoms with Crippen LogP contribution in [0.4, 0.5) is 5.69 Å². The molecular weight excluding hydrogens is 356 g/mol. The standard InChI is InChI=1S/C18H16N2O5S/c1-12(17(21)20-14-7-5-6-13(10-14)11-19)25-18(22)15-8-3-4-9-16(15)26(2,23)24/h3-10,12H,1-2H3,(H,20,21). The van der Waals surface area contributed by atoms with Gasteiger partial charge in [-0.3, -0.25) is 4.79 Å². The predicted molar refractivity (Wildman–Crippen MR) is 94.2 cm³/mol. The first-order valence-corrected chi connectivity index (χ1v) is 9.42. The zero-order valence-corrected chi connectivity index (χ0v) is 14.9. The zero-order valence-electron chi connectivity index (χ0n) is 14.1. The molecule has 1 N–H and O–H groups in total. The second kappa shape index (κ2) is 7.80. The Kier molecular flexibility index (Phi) is 5.75. The molecule has 1 amide bonds. The number of nitrogens with one attached hydrogen (secondary N) is 1. The summed E-state index contributed by atoms with van der Waals surface area (Å²) in [6.07, 6.45) is -0.182. The molecule has 8 heteroatoms. The van der Waals surface area contributed by atoms with E-state index in [1.807, 2.05) is 6.07 Å². The van der Waals surface area contributed by atoms with Gasteiger partial charge < -0.3 is 10.1 Å². The Morgan fingerprint density at radius 1 is 1.15 bits per heavy atom. The maximum Gasteiger partial charge on any atom is 0.340 e. The van der Waals surface area contributed by atoms with Crippen molar-refractivity contribution in [2.24, 2.45) is 0 Å². The van der Waals surface area contributed by atoms with E-state index in [2.05, 4.69) is 5.32 Å². The van der Waals surface area contributed by atoms with Gasteiger partial charge >= 0.3 is 5.97 Å². The van der Waals surface area contributed by atoms with E-state index < -0.39 is 27.8 Å². The van der Waals surface area contributed by atoms with Crippen LogP contribution in [-0.2, 0) is 19.4 Å². The molecule has 0 radical (unpaired) electrons. The van der Waals surface area contributed by atoms with E-state index in [9.17, 15) is 18.0 Å². The van der Waals surface area contributed by atoms with Crippen molar-refractivity contribution >= 4 is 27.4 Å². The fourth-order valence-corrected chi connectivity index (χ4v) is 3.02. The molecule has 2 aromatic carbocycles. The Hall–Kier alpha value is -3.18. The minimum absolute atomic E-state index is 0.138. The van der Waals surface area contributed by atoms with E-state index >= 15 is 0 Å². The first-order valence-electron chi connectivity index (χ1n) is 7.53. The fraction of sp³-hybridized carbons (Fsp3) is 0.167. The number of hydrogen-bond donors (Lipinski definition) is 1. The van der Waals surface area contributed by atoms with Gasteiger partial charge in [0.25, 0.3) is 5.91 Å². The summed E-state index contributed by atoms with van der Waals surface area (Å²) < 4.78 is 28.6. The summed E-state index contributed by atoms with van der Waals surface area (Å²) in [6.45, 7) is 1.37. The van der Waals surface area contributed by atoms with Gasteiger partial charge in [-0.05, 0) is 37.3 Å². The first-order chi connectivity index (χ1) is 12.2. The van der Waals surface area contributed by atoms with Gasteiger partial charge in [-0.2, -0.15) is 5.26 Å². The molecule has 0 aromatic heterocycles. The third-order valence-electron chi connectivity index (χ3n) is 3.42. The number of anilines is 1. The van der Waals surface area contributed by atoms with Gasteiger partial charge in [0.1, 0.15) is 0 Å². The van der Waals surface area contributed by atoms with Crippen molar-refractivity contribution in [3.63, 3.8) is 0 Å². The van der Waals surface area contributed by atoms with Crippen LogP contribution in [-0.4, -0.2) is 32.7 Å². The minimum atomic E-state index is -3.62. The topological polar surface area (TPSA) is 113 Å². The average molecular weight is 372 g/mol. The Bertz CT molecular complexity index is 993. The highest BCUT2D eigenvalue weighted by Crippen LogP contribution is 2.17. The molecule has 2 aromatic rings. The summed E-state index contributed by atoms with van der Waals surface area (Å²) in [5.41, 5.74) is 0.615. The molecule has 0 aliphatic rings. The fourth-order valence-electron chi connectivity index (χ4n) is 2.15. The largest absolute Gasteiger partial charge is 0.449 e. The number of carbonyl (C=O) groups excluding carboxylic acids is 2. The average Bonchev–Trinajstić information content (AvgIpc) is 2.61. The van der Waals surface area contributed by atoms with Crippen molar-refractivity contribution < 1.29 is 22.7 Å². The van der Waals surface area contributed by atoms with Crippen molar-refractivity contribution in [2.45, 2.75) is 17.9 Å². The maximum atomic E-state index is 12.3. The lowest BCUT2D eigenvalue weighted by molar-refractivity contribution is -0.123. The number of esters is 1. The number of nitriles is 1. The molecule has 1 unspecified atom stereocenters. The monoisotopic (exact) mass is 372 g/mol. The molecule has 0 bridgehead atoms. The molecule has 0 fully saturated rings. The van der Waals surface area contributed by atoms with Crippen molar-refractivity contribution in [3.05, 3.63) is 59.7 Å². The lowest BCUT2D eigenvalue weighted by Gasteiger charge is -2.14. The molecule has 0 saturated carbocycles. The highest BCUT2D eigenvalue weighted by molar-refractivity contribution is 7.90. The number of benzene rings is 2. The number of nitrogens with zero attached hydrogens (tertiary/aromatic N) is 1. The van der Waals surface area contributed by atoms with Gasteiger partial charge in [-0.15, -0.1) is 0 Å². The van der Waals surface area contributed by atoms with Gasteiger partial charge in [0, 0.05) is 11.9 Å². The van der Waals surface area contributed by atoms with E-state index in [4.69, 9.17) is 10.00 Å². The van der Waals surface area contributed by atoms with Crippen LogP contribution in [0, 0.1) is 11.3 Å². The van der Waals surface area contributed by atoms with Crippen LogP contribution >= 0.6 is 0 Å². The second-order valence-corrected chi connectivity index (χ2v) is 7.48. The summed E-state index contributed by atoms with van der Waals surface area (Å²) in [5, 5.41) is 11.4. The molecule has 0 aliphatic carbocycles. The second-order valence-electron chi connectivity index (χ2n) is 5.50. The summed E-state index contributed by atoms with van der Waals surface area (Å²) >= 11 is 0. The van der Waals surface area contributed by atoms with Gasteiger partial charge in [0.15, 0.2) is 15.9 Å². The molecule has 134 valence electrons. The van der Waals surface area contributed by atoms with Crippen LogP contribution in [0.15, 0.2) is 53.4 Å². The third-order valence-corrected chi connectivity index (χ3v) is 4.57. The number of hydrogen-bond acceptors (Lipinski definition) is 6. The van der Waals surface area contributed by atoms with E-state index in [-0.39, 0.29) is 10.5 Å². The van der Waals surface area contributed by atoms with Crippen LogP contribution in [0.3, 0.4) is 0 Å². The molecule has 0 saturated heterocycles. The van der Waals surface area contributed by atoms with E-state index in [0.717, 1.165) is 6.26 Å². The molecule has 7 nitrogen and oxygen atoms in total. The van der Waals surface area contributed by atoms with Gasteiger partial charge in [0.05, 0.1) is 22.1 Å². The SMILES string of the molecule is CC(OC(=O)c1ccccc1S(C)(=O)=O)C(=O)Nc1cccc(C#N)c1. The van der Waals surface area contributed by atoms with Crippen molar-refractivity contribution in [3.8, 4) is 6.07 Å². The first kappa shape index (κ1) is 19.1. The van der Waals surface area contributed by atoms with E-state index in [1.54, 1.807) is 18.2 Å². The van der Waals surface area contributed by atoms with Gasteiger partial charge in [0.2, 0.25) is 0 Å². The van der Waals surface area contributed by atoms with Crippen LogP contribution in [0.5, 0.6) is 0 Å². The Labute approximate surface area is 151 Å². The molecule has 1 atom stereocenters. The summed E-state index contributed by atoms with van der Waals surface area (Å²) in [4.78, 5) is 24.3. The molecule has 0 heterocycles. The lowest BCUT2D eigenvalue weighted by atomic mass is 10.2. The van der Waals surface area contributed by atoms with Gasteiger partial charge in [-0.1, -0.05) is 18.2 Å². The maximum absolute atomic E-state index is 12.3. The quantitative estimate of drug-likeness (QED) is 0.805.